The van der Waals surface area contributed by atoms with Crippen LogP contribution in [-0.2, 0) is 0 Å². The molecule has 0 spiro atoms. The number of rotatable bonds is 7. The summed E-state index contributed by atoms with van der Waals surface area (Å²) in [6.07, 6.45) is 3.52. The minimum Gasteiger partial charge on any atom is -0.494 e. The number of nitro benzene ring substituents is 1. The summed E-state index contributed by atoms with van der Waals surface area (Å²) < 4.78 is 8.88. The summed E-state index contributed by atoms with van der Waals surface area (Å²) in [4.78, 5) is 29.2. The molecule has 6 rings (SSSR count). The van der Waals surface area contributed by atoms with Gasteiger partial charge in [-0.1, -0.05) is 41.7 Å². The van der Waals surface area contributed by atoms with Gasteiger partial charge >= 0.3 is 0 Å². The van der Waals surface area contributed by atoms with Gasteiger partial charge in [-0.15, -0.1) is 5.10 Å². The molecule has 3 aromatic carbocycles. The Kier molecular flexibility index (Phi) is 6.17. The second-order valence-electron chi connectivity index (χ2n) is 8.52. The molecule has 0 saturated carbocycles. The first kappa shape index (κ1) is 24.2. The van der Waals surface area contributed by atoms with Gasteiger partial charge in [-0.2, -0.15) is 14.6 Å². The minimum absolute atomic E-state index is 0.0437. The number of non-ortho nitro benzene ring substituents is 1. The Morgan fingerprint density at radius 2 is 1.79 bits per heavy atom. The predicted molar refractivity (Wildman–Crippen MR) is 148 cm³/mol. The van der Waals surface area contributed by atoms with Crippen molar-refractivity contribution in [1.82, 2.24) is 24.4 Å². The maximum Gasteiger partial charge on any atom is 0.291 e. The van der Waals surface area contributed by atoms with Gasteiger partial charge in [0.05, 0.1) is 21.7 Å². The SMILES string of the molecule is CCOc1ccc(-c2nc3s/c(=C\c4cn(-c5ccccc5)nc4-c4cccc([N+](=O)[O-])c4)c(=O)n3n2)cc1. The molecular weight excluding hydrogens is 516 g/mol. The number of hydrogen-bond donors (Lipinski definition) is 0. The van der Waals surface area contributed by atoms with E-state index in [0.717, 1.165) is 17.0 Å². The van der Waals surface area contributed by atoms with Gasteiger partial charge in [-0.05, 0) is 49.4 Å². The minimum atomic E-state index is -0.446. The van der Waals surface area contributed by atoms with Crippen LogP contribution < -0.4 is 14.8 Å². The first-order valence-electron chi connectivity index (χ1n) is 12.0. The Bertz CT molecular complexity index is 1930. The topological polar surface area (TPSA) is 117 Å². The van der Waals surface area contributed by atoms with Crippen molar-refractivity contribution in [3.05, 3.63) is 116 Å². The van der Waals surface area contributed by atoms with E-state index in [4.69, 9.17) is 9.84 Å². The molecule has 39 heavy (non-hydrogen) atoms. The number of thiazole rings is 1. The van der Waals surface area contributed by atoms with Crippen molar-refractivity contribution in [2.75, 3.05) is 6.61 Å². The molecule has 3 aromatic heterocycles. The zero-order valence-corrected chi connectivity index (χ0v) is 21.4. The molecule has 0 aliphatic carbocycles. The zero-order chi connectivity index (χ0) is 26.9. The number of para-hydroxylation sites is 1. The maximum atomic E-state index is 13.3. The van der Waals surface area contributed by atoms with E-state index in [1.807, 2.05) is 61.5 Å². The van der Waals surface area contributed by atoms with Gasteiger partial charge in [-0.25, -0.2) is 4.68 Å². The normalized spacial score (nSPS) is 11.8. The van der Waals surface area contributed by atoms with Gasteiger partial charge in [0, 0.05) is 35.0 Å². The Labute approximate surface area is 225 Å². The van der Waals surface area contributed by atoms with E-state index in [2.05, 4.69) is 10.1 Å². The number of ether oxygens (including phenoxy) is 1. The third kappa shape index (κ3) is 4.66. The number of hydrogen-bond acceptors (Lipinski definition) is 8. The van der Waals surface area contributed by atoms with Crippen LogP contribution in [0.2, 0.25) is 0 Å². The van der Waals surface area contributed by atoms with Crippen LogP contribution in [0.15, 0.2) is 89.9 Å². The highest BCUT2D eigenvalue weighted by atomic mass is 32.1. The largest absolute Gasteiger partial charge is 0.494 e. The fraction of sp³-hybridized carbons (Fsp3) is 0.0714. The third-order valence-corrected chi connectivity index (χ3v) is 6.94. The van der Waals surface area contributed by atoms with Gasteiger partial charge in [0.2, 0.25) is 4.96 Å². The van der Waals surface area contributed by atoms with Gasteiger partial charge in [0.15, 0.2) is 5.82 Å². The Hall–Kier alpha value is -5.16. The number of aromatic nitrogens is 5. The monoisotopic (exact) mass is 536 g/mol. The van der Waals surface area contributed by atoms with E-state index in [0.29, 0.717) is 38.7 Å². The highest BCUT2D eigenvalue weighted by molar-refractivity contribution is 7.15. The average Bonchev–Trinajstić information content (AvgIpc) is 3.65. The number of nitrogens with zero attached hydrogens (tertiary/aromatic N) is 6. The lowest BCUT2D eigenvalue weighted by Crippen LogP contribution is -2.23. The smallest absolute Gasteiger partial charge is 0.291 e. The molecule has 0 aliphatic rings. The first-order chi connectivity index (χ1) is 19.0. The lowest BCUT2D eigenvalue weighted by molar-refractivity contribution is -0.384. The molecule has 0 bridgehead atoms. The molecule has 0 saturated heterocycles. The summed E-state index contributed by atoms with van der Waals surface area (Å²) in [5.74, 6) is 1.20. The van der Waals surface area contributed by atoms with Crippen molar-refractivity contribution in [3.63, 3.8) is 0 Å². The summed E-state index contributed by atoms with van der Waals surface area (Å²) in [6.45, 7) is 2.49. The van der Waals surface area contributed by atoms with Gasteiger partial charge in [-0.3, -0.25) is 14.9 Å². The summed E-state index contributed by atoms with van der Waals surface area (Å²) in [5.41, 5.74) is 2.94. The van der Waals surface area contributed by atoms with E-state index in [1.54, 1.807) is 29.1 Å². The fourth-order valence-electron chi connectivity index (χ4n) is 4.16. The molecule has 10 nitrogen and oxygen atoms in total. The molecule has 0 fully saturated rings. The molecule has 0 amide bonds. The van der Waals surface area contributed by atoms with Crippen molar-refractivity contribution in [1.29, 1.82) is 0 Å². The van der Waals surface area contributed by atoms with Crippen LogP contribution in [0.5, 0.6) is 5.75 Å². The molecule has 6 aromatic rings. The van der Waals surface area contributed by atoms with Crippen molar-refractivity contribution in [3.8, 4) is 34.1 Å². The Balaban J connectivity index is 1.45. The molecule has 0 radical (unpaired) electrons. The zero-order valence-electron chi connectivity index (χ0n) is 20.6. The number of benzene rings is 3. The van der Waals surface area contributed by atoms with Crippen LogP contribution in [-0.4, -0.2) is 35.9 Å². The van der Waals surface area contributed by atoms with E-state index in [1.165, 1.54) is 28.0 Å². The quantitative estimate of drug-likeness (QED) is 0.217. The van der Waals surface area contributed by atoms with Crippen LogP contribution in [0.1, 0.15) is 12.5 Å². The molecule has 192 valence electrons. The van der Waals surface area contributed by atoms with Crippen molar-refractivity contribution >= 4 is 28.1 Å². The van der Waals surface area contributed by atoms with E-state index < -0.39 is 4.92 Å². The molecule has 0 N–H and O–H groups in total. The van der Waals surface area contributed by atoms with Crippen LogP contribution >= 0.6 is 11.3 Å². The van der Waals surface area contributed by atoms with Gasteiger partial charge < -0.3 is 4.74 Å². The molecule has 0 unspecified atom stereocenters. The summed E-state index contributed by atoms with van der Waals surface area (Å²) in [7, 11) is 0. The standard InChI is InChI=1S/C28H20N6O4S/c1-2-38-23-13-11-18(12-14-23)26-29-28-33(31-26)27(35)24(39-28)16-20-17-32(21-8-4-3-5-9-21)30-25(20)19-7-6-10-22(15-19)34(36)37/h3-17H,2H2,1H3/b24-16-. The Morgan fingerprint density at radius 3 is 2.51 bits per heavy atom. The fourth-order valence-corrected chi connectivity index (χ4v) is 5.06. The van der Waals surface area contributed by atoms with Crippen LogP contribution in [0.3, 0.4) is 0 Å². The van der Waals surface area contributed by atoms with Crippen molar-refractivity contribution in [2.45, 2.75) is 6.92 Å². The van der Waals surface area contributed by atoms with Crippen LogP contribution in [0.4, 0.5) is 5.69 Å². The van der Waals surface area contributed by atoms with Crippen molar-refractivity contribution in [2.24, 2.45) is 0 Å². The lowest BCUT2D eigenvalue weighted by Gasteiger charge is -2.02. The highest BCUT2D eigenvalue weighted by Crippen LogP contribution is 2.27. The van der Waals surface area contributed by atoms with Crippen molar-refractivity contribution < 1.29 is 9.66 Å². The maximum absolute atomic E-state index is 13.3. The summed E-state index contributed by atoms with van der Waals surface area (Å²) in [5, 5.41) is 20.5. The van der Waals surface area contributed by atoms with E-state index in [9.17, 15) is 14.9 Å². The summed E-state index contributed by atoms with van der Waals surface area (Å²) >= 11 is 1.21. The van der Waals surface area contributed by atoms with Crippen LogP contribution in [0, 0.1) is 10.1 Å². The molecule has 0 aliphatic heterocycles. The number of nitro groups is 1. The van der Waals surface area contributed by atoms with Gasteiger partial charge in [0.1, 0.15) is 11.4 Å². The van der Waals surface area contributed by atoms with Crippen LogP contribution in [0.25, 0.3) is 39.4 Å². The third-order valence-electron chi connectivity index (χ3n) is 5.99. The molecule has 3 heterocycles. The van der Waals surface area contributed by atoms with Gasteiger partial charge in [0.25, 0.3) is 11.2 Å². The second-order valence-corrected chi connectivity index (χ2v) is 9.53. The number of fused-ring (bicyclic) bond motifs is 1. The molecule has 0 atom stereocenters. The second kappa shape index (κ2) is 9.95. The molecule has 11 heteroatoms. The average molecular weight is 537 g/mol. The predicted octanol–water partition coefficient (Wildman–Crippen LogP) is 4.53. The highest BCUT2D eigenvalue weighted by Gasteiger charge is 2.17. The molecular formula is C28H20N6O4S. The van der Waals surface area contributed by atoms with E-state index in [-0.39, 0.29) is 11.2 Å². The Morgan fingerprint density at radius 1 is 1.00 bits per heavy atom. The lowest BCUT2D eigenvalue weighted by atomic mass is 10.1. The van der Waals surface area contributed by atoms with E-state index >= 15 is 0 Å². The summed E-state index contributed by atoms with van der Waals surface area (Å²) in [6, 6.07) is 23.1. The first-order valence-corrected chi connectivity index (χ1v) is 12.9.